The zero-order valence-corrected chi connectivity index (χ0v) is 11.7. The van der Waals surface area contributed by atoms with E-state index in [9.17, 15) is 24.6 Å². The molecule has 116 valence electrons. The number of imide groups is 2. The predicted molar refractivity (Wildman–Crippen MR) is 78.7 cm³/mol. The van der Waals surface area contributed by atoms with E-state index in [0.717, 1.165) is 0 Å². The molecular formula is C16H12N2O5. The van der Waals surface area contributed by atoms with Gasteiger partial charge in [-0.3, -0.25) is 20.2 Å². The van der Waals surface area contributed by atoms with Crippen LogP contribution in [0, 0.1) is 0 Å². The van der Waals surface area contributed by atoms with Gasteiger partial charge in [-0.05, 0) is 12.1 Å². The second-order valence-corrected chi connectivity index (χ2v) is 5.02. The lowest BCUT2D eigenvalue weighted by atomic mass is 9.71. The summed E-state index contributed by atoms with van der Waals surface area (Å²) in [7, 11) is 0. The number of aromatic hydroxyl groups is 2. The van der Waals surface area contributed by atoms with E-state index in [2.05, 4.69) is 0 Å². The van der Waals surface area contributed by atoms with Crippen LogP contribution in [-0.2, 0) is 15.0 Å². The highest BCUT2D eigenvalue weighted by molar-refractivity contribution is 6.25. The maximum absolute atomic E-state index is 12.6. The van der Waals surface area contributed by atoms with Gasteiger partial charge in [0.2, 0.25) is 0 Å². The first-order valence-electron chi connectivity index (χ1n) is 6.71. The van der Waals surface area contributed by atoms with Crippen LogP contribution in [0.25, 0.3) is 0 Å². The molecule has 7 nitrogen and oxygen atoms in total. The molecule has 1 aliphatic heterocycles. The average Bonchev–Trinajstić information content (AvgIpc) is 2.50. The van der Waals surface area contributed by atoms with Crippen LogP contribution in [0.1, 0.15) is 11.1 Å². The maximum Gasteiger partial charge on any atom is 0.328 e. The summed E-state index contributed by atoms with van der Waals surface area (Å²) in [5.41, 5.74) is -2.15. The highest BCUT2D eigenvalue weighted by atomic mass is 16.3. The Hall–Kier alpha value is -3.35. The van der Waals surface area contributed by atoms with E-state index in [0.29, 0.717) is 0 Å². The molecule has 7 heteroatoms. The molecule has 4 amide bonds. The Kier molecular flexibility index (Phi) is 3.25. The number of carbonyl (C=O) groups excluding carboxylic acids is 3. The van der Waals surface area contributed by atoms with Crippen molar-refractivity contribution < 1.29 is 24.6 Å². The Bertz CT molecular complexity index is 763. The largest absolute Gasteiger partial charge is 0.508 e. The van der Waals surface area contributed by atoms with E-state index in [1.165, 1.54) is 48.5 Å². The van der Waals surface area contributed by atoms with Gasteiger partial charge in [-0.1, -0.05) is 36.4 Å². The van der Waals surface area contributed by atoms with Crippen LogP contribution in [0.4, 0.5) is 4.79 Å². The molecule has 2 aromatic carbocycles. The molecule has 1 saturated heterocycles. The van der Waals surface area contributed by atoms with Gasteiger partial charge in [-0.25, -0.2) is 4.79 Å². The van der Waals surface area contributed by atoms with Crippen LogP contribution in [-0.4, -0.2) is 28.1 Å². The summed E-state index contributed by atoms with van der Waals surface area (Å²) in [5, 5.41) is 24.4. The first-order chi connectivity index (χ1) is 11.0. The molecule has 4 N–H and O–H groups in total. The van der Waals surface area contributed by atoms with Gasteiger partial charge in [0.25, 0.3) is 11.8 Å². The predicted octanol–water partition coefficient (Wildman–Crippen LogP) is 0.750. The van der Waals surface area contributed by atoms with E-state index in [-0.39, 0.29) is 22.6 Å². The van der Waals surface area contributed by atoms with Crippen molar-refractivity contribution in [3.8, 4) is 11.5 Å². The van der Waals surface area contributed by atoms with Gasteiger partial charge >= 0.3 is 6.03 Å². The fourth-order valence-corrected chi connectivity index (χ4v) is 2.74. The second kappa shape index (κ2) is 5.13. The van der Waals surface area contributed by atoms with Crippen LogP contribution in [0.5, 0.6) is 11.5 Å². The first kappa shape index (κ1) is 14.6. The van der Waals surface area contributed by atoms with E-state index in [1.54, 1.807) is 0 Å². The molecule has 0 aromatic heterocycles. The molecule has 1 aliphatic rings. The number of phenolic OH excluding ortho intramolecular Hbond substituents is 2. The standard InChI is InChI=1S/C16H12N2O5/c19-11-7-3-1-5-9(11)16(10-6-2-4-8-12(10)20)13(21)17-15(23)18-14(16)22/h1-8,19-20H,(H2,17,18,21,22,23). The molecule has 0 atom stereocenters. The lowest BCUT2D eigenvalue weighted by Crippen LogP contribution is -2.65. The molecule has 0 saturated carbocycles. The van der Waals surface area contributed by atoms with Gasteiger partial charge in [0, 0.05) is 11.1 Å². The maximum atomic E-state index is 12.6. The van der Waals surface area contributed by atoms with Gasteiger partial charge in [0.1, 0.15) is 11.5 Å². The highest BCUT2D eigenvalue weighted by Crippen LogP contribution is 2.42. The summed E-state index contributed by atoms with van der Waals surface area (Å²) >= 11 is 0. The van der Waals surface area contributed by atoms with Crippen molar-refractivity contribution >= 4 is 17.8 Å². The Morgan fingerprint density at radius 1 is 0.696 bits per heavy atom. The summed E-state index contributed by atoms with van der Waals surface area (Å²) in [6, 6.07) is 10.6. The number of para-hydroxylation sites is 2. The molecule has 0 bridgehead atoms. The molecular weight excluding hydrogens is 300 g/mol. The van der Waals surface area contributed by atoms with Gasteiger partial charge in [-0.15, -0.1) is 0 Å². The van der Waals surface area contributed by atoms with E-state index < -0.39 is 23.3 Å². The van der Waals surface area contributed by atoms with Gasteiger partial charge in [0.05, 0.1) is 0 Å². The molecule has 3 rings (SSSR count). The number of hydrogen-bond acceptors (Lipinski definition) is 5. The summed E-state index contributed by atoms with van der Waals surface area (Å²) in [5.74, 6) is -2.52. The van der Waals surface area contributed by atoms with Crippen LogP contribution in [0.15, 0.2) is 48.5 Å². The lowest BCUT2D eigenvalue weighted by Gasteiger charge is -2.35. The van der Waals surface area contributed by atoms with Gasteiger partial charge in [-0.2, -0.15) is 0 Å². The average molecular weight is 312 g/mol. The topological polar surface area (TPSA) is 116 Å². The number of hydrogen-bond donors (Lipinski definition) is 4. The molecule has 0 spiro atoms. The van der Waals surface area contributed by atoms with E-state index in [4.69, 9.17) is 0 Å². The third kappa shape index (κ3) is 2.02. The van der Waals surface area contributed by atoms with Crippen LogP contribution < -0.4 is 10.6 Å². The van der Waals surface area contributed by atoms with E-state index in [1.807, 2.05) is 10.6 Å². The number of nitrogens with one attached hydrogen (secondary N) is 2. The van der Waals surface area contributed by atoms with Crippen LogP contribution >= 0.6 is 0 Å². The minimum absolute atomic E-state index is 0.0380. The number of benzene rings is 2. The van der Waals surface area contributed by atoms with Crippen molar-refractivity contribution in [1.29, 1.82) is 0 Å². The molecule has 2 aromatic rings. The zero-order valence-electron chi connectivity index (χ0n) is 11.7. The Balaban J connectivity index is 2.38. The highest BCUT2D eigenvalue weighted by Gasteiger charge is 2.55. The SMILES string of the molecule is O=C1NC(=O)C(c2ccccc2O)(c2ccccc2O)C(=O)N1. The van der Waals surface area contributed by atoms with Crippen molar-refractivity contribution in [2.75, 3.05) is 0 Å². The van der Waals surface area contributed by atoms with Crippen molar-refractivity contribution in [3.05, 3.63) is 59.7 Å². The third-order valence-electron chi connectivity index (χ3n) is 3.75. The Morgan fingerprint density at radius 2 is 1.09 bits per heavy atom. The normalized spacial score (nSPS) is 16.6. The minimum Gasteiger partial charge on any atom is -0.508 e. The van der Waals surface area contributed by atoms with Gasteiger partial charge in [0.15, 0.2) is 5.41 Å². The number of amides is 4. The smallest absolute Gasteiger partial charge is 0.328 e. The van der Waals surface area contributed by atoms with Crippen LogP contribution in [0.3, 0.4) is 0 Å². The molecule has 0 radical (unpaired) electrons. The second-order valence-electron chi connectivity index (χ2n) is 5.02. The Labute approximate surface area is 130 Å². The summed E-state index contributed by atoms with van der Waals surface area (Å²) in [6.07, 6.45) is 0. The van der Waals surface area contributed by atoms with Crippen molar-refractivity contribution in [2.24, 2.45) is 0 Å². The minimum atomic E-state index is -2.08. The number of barbiturate groups is 1. The summed E-state index contributed by atoms with van der Waals surface area (Å²) < 4.78 is 0. The molecule has 1 heterocycles. The number of urea groups is 1. The molecule has 23 heavy (non-hydrogen) atoms. The molecule has 0 unspecified atom stereocenters. The molecule has 1 fully saturated rings. The van der Waals surface area contributed by atoms with Crippen molar-refractivity contribution in [3.63, 3.8) is 0 Å². The fourth-order valence-electron chi connectivity index (χ4n) is 2.74. The number of carbonyl (C=O) groups is 3. The Morgan fingerprint density at radius 3 is 1.48 bits per heavy atom. The summed E-state index contributed by atoms with van der Waals surface area (Å²) in [6.45, 7) is 0. The zero-order chi connectivity index (χ0) is 16.6. The van der Waals surface area contributed by atoms with Gasteiger partial charge < -0.3 is 10.2 Å². The fraction of sp³-hybridized carbons (Fsp3) is 0.0625. The van der Waals surface area contributed by atoms with Crippen molar-refractivity contribution in [1.82, 2.24) is 10.6 Å². The van der Waals surface area contributed by atoms with Crippen molar-refractivity contribution in [2.45, 2.75) is 5.41 Å². The quantitative estimate of drug-likeness (QED) is 0.611. The lowest BCUT2D eigenvalue weighted by molar-refractivity contribution is -0.136. The van der Waals surface area contributed by atoms with Crippen LogP contribution in [0.2, 0.25) is 0 Å². The monoisotopic (exact) mass is 312 g/mol. The summed E-state index contributed by atoms with van der Waals surface area (Å²) in [4.78, 5) is 36.7. The third-order valence-corrected chi connectivity index (χ3v) is 3.75. The number of phenols is 2. The first-order valence-corrected chi connectivity index (χ1v) is 6.71. The number of rotatable bonds is 2. The van der Waals surface area contributed by atoms with E-state index >= 15 is 0 Å². The molecule has 0 aliphatic carbocycles.